The van der Waals surface area contributed by atoms with Crippen molar-refractivity contribution in [2.75, 3.05) is 6.61 Å². The molecule has 0 aromatic heterocycles. The van der Waals surface area contributed by atoms with Gasteiger partial charge in [-0.05, 0) is 37.3 Å². The van der Waals surface area contributed by atoms with Crippen LogP contribution in [0.2, 0.25) is 0 Å². The molecule has 0 N–H and O–H groups in total. The maximum atomic E-state index is 14.3. The summed E-state index contributed by atoms with van der Waals surface area (Å²) in [6.07, 6.45) is -4.34. The molecule has 0 spiro atoms. The molecule has 0 atom stereocenters. The van der Waals surface area contributed by atoms with E-state index in [4.69, 9.17) is 4.74 Å². The molecule has 0 saturated heterocycles. The predicted octanol–water partition coefficient (Wildman–Crippen LogP) is 6.31. The molecular formula is C23H13F7O2. The molecule has 0 fully saturated rings. The van der Waals surface area contributed by atoms with Crippen LogP contribution >= 0.6 is 0 Å². The molecule has 0 aliphatic carbocycles. The summed E-state index contributed by atoms with van der Waals surface area (Å²) in [5, 5.41) is 0. The average molecular weight is 454 g/mol. The summed E-state index contributed by atoms with van der Waals surface area (Å²) in [5.74, 6) is -3.31. The molecule has 0 amide bonds. The molecule has 32 heavy (non-hydrogen) atoms. The molecule has 0 saturated carbocycles. The van der Waals surface area contributed by atoms with Gasteiger partial charge >= 0.3 is 6.11 Å². The second kappa shape index (κ2) is 9.22. The van der Waals surface area contributed by atoms with Crippen LogP contribution in [0.1, 0.15) is 23.6 Å². The van der Waals surface area contributed by atoms with Crippen LogP contribution in [0.4, 0.5) is 30.7 Å². The van der Waals surface area contributed by atoms with Gasteiger partial charge in [-0.1, -0.05) is 11.8 Å². The van der Waals surface area contributed by atoms with Gasteiger partial charge in [0.1, 0.15) is 28.7 Å². The summed E-state index contributed by atoms with van der Waals surface area (Å²) in [6.45, 7) is 2.07. The molecule has 0 bridgehead atoms. The van der Waals surface area contributed by atoms with Gasteiger partial charge in [0.15, 0.2) is 17.5 Å². The SMILES string of the molecule is CCOc1ccc(C#Cc2ccc(C(F)(F)Oc3cc(F)c(F)c(F)c3)c(F)c2)c(F)c1. The van der Waals surface area contributed by atoms with Crippen molar-refractivity contribution in [2.24, 2.45) is 0 Å². The Morgan fingerprint density at radius 1 is 0.750 bits per heavy atom. The van der Waals surface area contributed by atoms with E-state index in [-0.39, 0.29) is 23.3 Å². The third kappa shape index (κ3) is 5.14. The topological polar surface area (TPSA) is 18.5 Å². The van der Waals surface area contributed by atoms with Gasteiger partial charge in [-0.2, -0.15) is 8.78 Å². The average Bonchev–Trinajstić information content (AvgIpc) is 2.71. The third-order valence-electron chi connectivity index (χ3n) is 4.08. The first kappa shape index (κ1) is 23.0. The molecular weight excluding hydrogens is 441 g/mol. The zero-order chi connectivity index (χ0) is 23.5. The van der Waals surface area contributed by atoms with Crippen LogP contribution in [0.3, 0.4) is 0 Å². The summed E-state index contributed by atoms with van der Waals surface area (Å²) in [6, 6.07) is 6.71. The van der Waals surface area contributed by atoms with Crippen LogP contribution in [0.25, 0.3) is 0 Å². The smallest absolute Gasteiger partial charge is 0.429 e. The van der Waals surface area contributed by atoms with E-state index >= 15 is 0 Å². The van der Waals surface area contributed by atoms with E-state index < -0.39 is 46.5 Å². The lowest BCUT2D eigenvalue weighted by Gasteiger charge is -2.19. The molecule has 166 valence electrons. The highest BCUT2D eigenvalue weighted by atomic mass is 19.3. The molecule has 0 aliphatic heterocycles. The lowest BCUT2D eigenvalue weighted by Crippen LogP contribution is -2.23. The Bertz CT molecular complexity index is 1190. The molecule has 9 heteroatoms. The van der Waals surface area contributed by atoms with Gasteiger partial charge in [0, 0.05) is 23.8 Å². The van der Waals surface area contributed by atoms with Gasteiger partial charge < -0.3 is 9.47 Å². The molecule has 2 nitrogen and oxygen atoms in total. The van der Waals surface area contributed by atoms with Crippen molar-refractivity contribution in [3.8, 4) is 23.3 Å². The number of hydrogen-bond donors (Lipinski definition) is 0. The largest absolute Gasteiger partial charge is 0.494 e. The second-order valence-electron chi connectivity index (χ2n) is 6.34. The van der Waals surface area contributed by atoms with E-state index in [1.54, 1.807) is 6.92 Å². The number of halogens is 7. The highest BCUT2D eigenvalue weighted by Crippen LogP contribution is 2.34. The molecule has 0 unspecified atom stereocenters. The zero-order valence-corrected chi connectivity index (χ0v) is 16.3. The van der Waals surface area contributed by atoms with Gasteiger partial charge in [0.2, 0.25) is 0 Å². The van der Waals surface area contributed by atoms with Crippen molar-refractivity contribution in [3.63, 3.8) is 0 Å². The summed E-state index contributed by atoms with van der Waals surface area (Å²) < 4.78 is 106. The van der Waals surface area contributed by atoms with Crippen LogP contribution in [0.15, 0.2) is 48.5 Å². The van der Waals surface area contributed by atoms with E-state index in [9.17, 15) is 30.7 Å². The van der Waals surface area contributed by atoms with E-state index in [0.29, 0.717) is 24.5 Å². The monoisotopic (exact) mass is 454 g/mol. The van der Waals surface area contributed by atoms with Crippen molar-refractivity contribution in [1.29, 1.82) is 0 Å². The van der Waals surface area contributed by atoms with Crippen molar-refractivity contribution < 1.29 is 40.2 Å². The molecule has 0 aliphatic rings. The van der Waals surface area contributed by atoms with E-state index in [0.717, 1.165) is 12.1 Å². The maximum absolute atomic E-state index is 14.3. The Balaban J connectivity index is 1.83. The highest BCUT2D eigenvalue weighted by Gasteiger charge is 2.38. The minimum Gasteiger partial charge on any atom is -0.494 e. The minimum atomic E-state index is -4.34. The first-order chi connectivity index (χ1) is 15.1. The fourth-order valence-corrected chi connectivity index (χ4v) is 2.62. The standard InChI is InChI=1S/C23H13F7O2/c1-2-31-15-7-6-14(18(24)10-15)5-3-13-4-8-17(19(25)9-13)23(29,30)32-16-11-20(26)22(28)21(27)12-16/h4,6-12H,2H2,1H3. The highest BCUT2D eigenvalue weighted by molar-refractivity contribution is 5.46. The van der Waals surface area contributed by atoms with Crippen LogP contribution < -0.4 is 9.47 Å². The van der Waals surface area contributed by atoms with Gasteiger partial charge in [-0.25, -0.2) is 22.0 Å². The van der Waals surface area contributed by atoms with Gasteiger partial charge in [0.25, 0.3) is 0 Å². The normalized spacial score (nSPS) is 11.0. The number of alkyl halides is 2. The third-order valence-corrected chi connectivity index (χ3v) is 4.08. The quantitative estimate of drug-likeness (QED) is 0.256. The molecule has 3 aromatic rings. The summed E-state index contributed by atoms with van der Waals surface area (Å²) in [7, 11) is 0. The number of hydrogen-bond acceptors (Lipinski definition) is 2. The maximum Gasteiger partial charge on any atom is 0.429 e. The first-order valence-electron chi connectivity index (χ1n) is 9.06. The Kier molecular flexibility index (Phi) is 6.63. The number of ether oxygens (including phenoxy) is 2. The molecule has 3 rings (SSSR count). The van der Waals surface area contributed by atoms with Crippen molar-refractivity contribution in [1.82, 2.24) is 0 Å². The van der Waals surface area contributed by atoms with Crippen LogP contribution in [0, 0.1) is 40.9 Å². The fraction of sp³-hybridized carbons (Fsp3) is 0.130. The van der Waals surface area contributed by atoms with Crippen molar-refractivity contribution >= 4 is 0 Å². The predicted molar refractivity (Wildman–Crippen MR) is 101 cm³/mol. The van der Waals surface area contributed by atoms with Gasteiger partial charge in [-0.15, -0.1) is 0 Å². The second-order valence-corrected chi connectivity index (χ2v) is 6.34. The number of rotatable bonds is 5. The summed E-state index contributed by atoms with van der Waals surface area (Å²) in [4.78, 5) is 0. The lowest BCUT2D eigenvalue weighted by atomic mass is 10.1. The number of benzene rings is 3. The van der Waals surface area contributed by atoms with Gasteiger partial charge in [0.05, 0.1) is 12.2 Å². The lowest BCUT2D eigenvalue weighted by molar-refractivity contribution is -0.187. The Morgan fingerprint density at radius 3 is 2.00 bits per heavy atom. The van der Waals surface area contributed by atoms with Crippen molar-refractivity contribution in [2.45, 2.75) is 13.0 Å². The minimum absolute atomic E-state index is 0.0213. The van der Waals surface area contributed by atoms with E-state index in [2.05, 4.69) is 16.6 Å². The first-order valence-corrected chi connectivity index (χ1v) is 9.06. The molecule has 0 heterocycles. The molecule has 3 aromatic carbocycles. The molecule has 0 radical (unpaired) electrons. The Morgan fingerprint density at radius 2 is 1.41 bits per heavy atom. The van der Waals surface area contributed by atoms with Crippen LogP contribution in [0.5, 0.6) is 11.5 Å². The Hall–Kier alpha value is -3.67. The zero-order valence-electron chi connectivity index (χ0n) is 16.3. The van der Waals surface area contributed by atoms with E-state index in [1.807, 2.05) is 0 Å². The Labute approximate surface area is 178 Å². The van der Waals surface area contributed by atoms with Crippen LogP contribution in [-0.4, -0.2) is 6.61 Å². The summed E-state index contributed by atoms with van der Waals surface area (Å²) >= 11 is 0. The summed E-state index contributed by atoms with van der Waals surface area (Å²) in [5.41, 5.74) is -1.32. The van der Waals surface area contributed by atoms with Crippen LogP contribution in [-0.2, 0) is 6.11 Å². The van der Waals surface area contributed by atoms with E-state index in [1.165, 1.54) is 12.1 Å². The van der Waals surface area contributed by atoms with Gasteiger partial charge in [-0.3, -0.25) is 0 Å². The fourth-order valence-electron chi connectivity index (χ4n) is 2.62. The van der Waals surface area contributed by atoms with Crippen molar-refractivity contribution in [3.05, 3.63) is 94.3 Å².